The molecular formula is C20H15N3O. The number of ketones is 1. The van der Waals surface area contributed by atoms with Gasteiger partial charge in [-0.25, -0.2) is 0 Å². The van der Waals surface area contributed by atoms with Gasteiger partial charge < -0.3 is 4.98 Å². The fraction of sp³-hybridized carbons (Fsp3) is 0.0500. The van der Waals surface area contributed by atoms with Crippen molar-refractivity contribution >= 4 is 16.7 Å². The van der Waals surface area contributed by atoms with E-state index in [1.807, 2.05) is 30.6 Å². The molecule has 0 radical (unpaired) electrons. The van der Waals surface area contributed by atoms with E-state index in [-0.39, 0.29) is 5.78 Å². The van der Waals surface area contributed by atoms with E-state index in [1.54, 1.807) is 30.7 Å². The predicted molar refractivity (Wildman–Crippen MR) is 93.8 cm³/mol. The van der Waals surface area contributed by atoms with Gasteiger partial charge in [0.25, 0.3) is 0 Å². The van der Waals surface area contributed by atoms with Crippen molar-refractivity contribution in [3.05, 3.63) is 84.6 Å². The summed E-state index contributed by atoms with van der Waals surface area (Å²) >= 11 is 0. The van der Waals surface area contributed by atoms with Crippen molar-refractivity contribution < 1.29 is 4.79 Å². The van der Waals surface area contributed by atoms with Gasteiger partial charge in [0.05, 0.1) is 0 Å². The summed E-state index contributed by atoms with van der Waals surface area (Å²) in [5.41, 5.74) is 4.79. The number of benzene rings is 1. The van der Waals surface area contributed by atoms with Crippen molar-refractivity contribution in [1.29, 1.82) is 0 Å². The lowest BCUT2D eigenvalue weighted by Crippen LogP contribution is -2.04. The molecule has 3 aromatic heterocycles. The molecule has 0 amide bonds. The van der Waals surface area contributed by atoms with Crippen LogP contribution in [0, 0.1) is 0 Å². The van der Waals surface area contributed by atoms with Gasteiger partial charge in [0, 0.05) is 59.4 Å². The number of hydrogen-bond acceptors (Lipinski definition) is 3. The van der Waals surface area contributed by atoms with Crippen molar-refractivity contribution in [2.45, 2.75) is 6.42 Å². The Morgan fingerprint density at radius 1 is 1.00 bits per heavy atom. The number of Topliss-reactive ketones (excluding diaryl/α,β-unsaturated/α-hetero) is 1. The van der Waals surface area contributed by atoms with Crippen LogP contribution in [0.3, 0.4) is 0 Å². The number of pyridine rings is 2. The van der Waals surface area contributed by atoms with E-state index in [0.717, 1.165) is 27.6 Å². The van der Waals surface area contributed by atoms with Crippen LogP contribution in [0.25, 0.3) is 22.0 Å². The summed E-state index contributed by atoms with van der Waals surface area (Å²) in [6, 6.07) is 13.7. The summed E-state index contributed by atoms with van der Waals surface area (Å²) in [6.07, 6.45) is 9.11. The minimum absolute atomic E-state index is 0.0659. The Morgan fingerprint density at radius 3 is 2.75 bits per heavy atom. The van der Waals surface area contributed by atoms with E-state index in [0.29, 0.717) is 12.0 Å². The highest BCUT2D eigenvalue weighted by Gasteiger charge is 2.10. The van der Waals surface area contributed by atoms with Crippen LogP contribution in [0.4, 0.5) is 0 Å². The van der Waals surface area contributed by atoms with Crippen LogP contribution in [0.5, 0.6) is 0 Å². The van der Waals surface area contributed by atoms with Gasteiger partial charge in [-0.05, 0) is 41.5 Å². The highest BCUT2D eigenvalue weighted by atomic mass is 16.1. The zero-order chi connectivity index (χ0) is 16.4. The lowest BCUT2D eigenvalue weighted by atomic mass is 9.99. The molecule has 0 aliphatic heterocycles. The first kappa shape index (κ1) is 14.3. The average Bonchev–Trinajstić information content (AvgIpc) is 3.11. The van der Waals surface area contributed by atoms with Crippen LogP contribution >= 0.6 is 0 Å². The second-order valence-electron chi connectivity index (χ2n) is 5.66. The molecule has 0 spiro atoms. The number of carbonyl (C=O) groups is 1. The fourth-order valence-electron chi connectivity index (χ4n) is 2.89. The van der Waals surface area contributed by atoms with E-state index >= 15 is 0 Å². The molecule has 4 nitrogen and oxygen atoms in total. The average molecular weight is 313 g/mol. The minimum Gasteiger partial charge on any atom is -0.361 e. The van der Waals surface area contributed by atoms with Crippen molar-refractivity contribution in [2.75, 3.05) is 0 Å². The summed E-state index contributed by atoms with van der Waals surface area (Å²) in [5, 5.41) is 1.15. The Morgan fingerprint density at radius 2 is 1.88 bits per heavy atom. The Labute approximate surface area is 139 Å². The summed E-state index contributed by atoms with van der Waals surface area (Å²) in [6.45, 7) is 0. The Bertz CT molecular complexity index is 1010. The van der Waals surface area contributed by atoms with E-state index < -0.39 is 0 Å². The van der Waals surface area contributed by atoms with Gasteiger partial charge in [-0.1, -0.05) is 12.1 Å². The highest BCUT2D eigenvalue weighted by molar-refractivity contribution is 5.98. The maximum Gasteiger partial charge on any atom is 0.167 e. The molecule has 0 aliphatic carbocycles. The first-order valence-electron chi connectivity index (χ1n) is 7.75. The van der Waals surface area contributed by atoms with Crippen LogP contribution < -0.4 is 0 Å². The fourth-order valence-corrected chi connectivity index (χ4v) is 2.89. The predicted octanol–water partition coefficient (Wildman–Crippen LogP) is 4.05. The van der Waals surface area contributed by atoms with E-state index in [9.17, 15) is 4.79 Å². The number of hydrogen-bond donors (Lipinski definition) is 1. The number of nitrogens with one attached hydrogen (secondary N) is 1. The lowest BCUT2D eigenvalue weighted by Gasteiger charge is -2.06. The van der Waals surface area contributed by atoms with Gasteiger partial charge in [-0.15, -0.1) is 0 Å². The molecule has 116 valence electrons. The van der Waals surface area contributed by atoms with E-state index in [2.05, 4.69) is 27.1 Å². The summed E-state index contributed by atoms with van der Waals surface area (Å²) in [5.74, 6) is 0.0659. The SMILES string of the molecule is O=C(Cc1cncc(-c2cccc3[nH]ccc23)c1)c1ccncc1. The van der Waals surface area contributed by atoms with E-state index in [4.69, 9.17) is 0 Å². The summed E-state index contributed by atoms with van der Waals surface area (Å²) in [7, 11) is 0. The van der Waals surface area contributed by atoms with Gasteiger partial charge in [0.15, 0.2) is 5.78 Å². The smallest absolute Gasteiger partial charge is 0.167 e. The molecule has 0 fully saturated rings. The number of rotatable bonds is 4. The van der Waals surface area contributed by atoms with Gasteiger partial charge in [-0.2, -0.15) is 0 Å². The monoisotopic (exact) mass is 313 g/mol. The molecule has 0 aliphatic rings. The molecule has 0 saturated heterocycles. The topological polar surface area (TPSA) is 58.6 Å². The molecular weight excluding hydrogens is 298 g/mol. The van der Waals surface area contributed by atoms with Gasteiger partial charge in [0.2, 0.25) is 0 Å². The first-order valence-corrected chi connectivity index (χ1v) is 7.75. The molecule has 3 heterocycles. The van der Waals surface area contributed by atoms with E-state index in [1.165, 1.54) is 0 Å². The zero-order valence-corrected chi connectivity index (χ0v) is 12.9. The maximum absolute atomic E-state index is 12.4. The molecule has 0 unspecified atom stereocenters. The Kier molecular flexibility index (Phi) is 3.63. The second-order valence-corrected chi connectivity index (χ2v) is 5.66. The molecule has 0 saturated carbocycles. The standard InChI is InChI=1S/C20H15N3O/c24-20(15-4-7-21-8-5-15)11-14-10-16(13-22-12-14)17-2-1-3-19-18(17)6-9-23-19/h1-10,12-13,23H,11H2. The van der Waals surface area contributed by atoms with Crippen LogP contribution in [0.15, 0.2) is 73.4 Å². The van der Waals surface area contributed by atoms with Crippen molar-refractivity contribution in [1.82, 2.24) is 15.0 Å². The third-order valence-electron chi connectivity index (χ3n) is 4.07. The third kappa shape index (κ3) is 2.70. The van der Waals surface area contributed by atoms with Crippen LogP contribution in [-0.4, -0.2) is 20.7 Å². The third-order valence-corrected chi connectivity index (χ3v) is 4.07. The van der Waals surface area contributed by atoms with Gasteiger partial charge in [0.1, 0.15) is 0 Å². The Hall–Kier alpha value is -3.27. The number of aromatic amines is 1. The molecule has 1 aromatic carbocycles. The number of fused-ring (bicyclic) bond motifs is 1. The van der Waals surface area contributed by atoms with Crippen molar-refractivity contribution in [2.24, 2.45) is 0 Å². The van der Waals surface area contributed by atoms with Crippen LogP contribution in [0.1, 0.15) is 15.9 Å². The minimum atomic E-state index is 0.0659. The first-order chi connectivity index (χ1) is 11.8. The summed E-state index contributed by atoms with van der Waals surface area (Å²) < 4.78 is 0. The lowest BCUT2D eigenvalue weighted by molar-refractivity contribution is 0.0993. The number of aromatic nitrogens is 3. The maximum atomic E-state index is 12.4. The Balaban J connectivity index is 1.67. The van der Waals surface area contributed by atoms with Gasteiger partial charge >= 0.3 is 0 Å². The molecule has 1 N–H and O–H groups in total. The molecule has 24 heavy (non-hydrogen) atoms. The molecule has 0 atom stereocenters. The quantitative estimate of drug-likeness (QED) is 0.578. The van der Waals surface area contributed by atoms with Gasteiger partial charge in [-0.3, -0.25) is 14.8 Å². The van der Waals surface area contributed by atoms with Crippen LogP contribution in [0.2, 0.25) is 0 Å². The molecule has 4 rings (SSSR count). The number of carbonyl (C=O) groups excluding carboxylic acids is 1. The largest absolute Gasteiger partial charge is 0.361 e. The van der Waals surface area contributed by atoms with Crippen molar-refractivity contribution in [3.8, 4) is 11.1 Å². The number of nitrogens with zero attached hydrogens (tertiary/aromatic N) is 2. The van der Waals surface area contributed by atoms with Crippen LogP contribution in [-0.2, 0) is 6.42 Å². The highest BCUT2D eigenvalue weighted by Crippen LogP contribution is 2.28. The number of H-pyrrole nitrogens is 1. The molecule has 4 aromatic rings. The molecule has 0 bridgehead atoms. The molecule has 4 heteroatoms. The normalized spacial score (nSPS) is 10.8. The van der Waals surface area contributed by atoms with Crippen molar-refractivity contribution in [3.63, 3.8) is 0 Å². The second kappa shape index (κ2) is 6.08. The zero-order valence-electron chi connectivity index (χ0n) is 12.9. The summed E-state index contributed by atoms with van der Waals surface area (Å²) in [4.78, 5) is 23.9.